The average Bonchev–Trinajstić information content (AvgIpc) is 2.87. The molecule has 34 heavy (non-hydrogen) atoms. The number of benzene rings is 3. The first-order chi connectivity index (χ1) is 16.5. The van der Waals surface area contributed by atoms with Crippen molar-refractivity contribution in [2.24, 2.45) is 0 Å². The quantitative estimate of drug-likeness (QED) is 0.347. The van der Waals surface area contributed by atoms with Gasteiger partial charge in [-0.25, -0.2) is 0 Å². The molecule has 0 aliphatic rings. The Hall–Kier alpha value is -3.32. The van der Waals surface area contributed by atoms with Crippen molar-refractivity contribution in [1.29, 1.82) is 0 Å². The van der Waals surface area contributed by atoms with Crippen LogP contribution in [0.15, 0.2) is 77.3 Å². The lowest BCUT2D eigenvalue weighted by atomic mass is 9.99. The van der Waals surface area contributed by atoms with Crippen molar-refractivity contribution in [3.8, 4) is 11.5 Å². The third kappa shape index (κ3) is 7.63. The number of ether oxygens (including phenoxy) is 2. The van der Waals surface area contributed by atoms with Gasteiger partial charge in [0.2, 0.25) is 0 Å². The molecule has 3 aromatic carbocycles. The van der Waals surface area contributed by atoms with E-state index in [1.807, 2.05) is 42.5 Å². The maximum absolute atomic E-state index is 12.4. The van der Waals surface area contributed by atoms with Gasteiger partial charge >= 0.3 is 0 Å². The highest BCUT2D eigenvalue weighted by molar-refractivity contribution is 9.10. The number of carbonyl (C=O) groups is 2. The summed E-state index contributed by atoms with van der Waals surface area (Å²) in [7, 11) is 0. The van der Waals surface area contributed by atoms with Gasteiger partial charge in [0.15, 0.2) is 6.61 Å². The Morgan fingerprint density at radius 3 is 2.35 bits per heavy atom. The van der Waals surface area contributed by atoms with Crippen molar-refractivity contribution in [2.75, 3.05) is 13.2 Å². The average molecular weight is 525 g/mol. The highest BCUT2D eigenvalue weighted by atomic mass is 79.9. The third-order valence-corrected chi connectivity index (χ3v) is 6.05. The lowest BCUT2D eigenvalue weighted by molar-refractivity contribution is -0.123. The number of hydrogen-bond acceptors (Lipinski definition) is 4. The van der Waals surface area contributed by atoms with E-state index in [-0.39, 0.29) is 6.61 Å². The van der Waals surface area contributed by atoms with Crippen LogP contribution in [0.25, 0.3) is 0 Å². The molecule has 0 heterocycles. The van der Waals surface area contributed by atoms with E-state index < -0.39 is 11.8 Å². The summed E-state index contributed by atoms with van der Waals surface area (Å²) in [6, 6.07) is 22.8. The number of hydrogen-bond donors (Lipinski definition) is 2. The lowest BCUT2D eigenvalue weighted by Gasteiger charge is -2.12. The van der Waals surface area contributed by atoms with Gasteiger partial charge in [0.25, 0.3) is 11.8 Å². The fourth-order valence-electron chi connectivity index (χ4n) is 3.19. The van der Waals surface area contributed by atoms with E-state index in [4.69, 9.17) is 9.47 Å². The third-order valence-electron chi connectivity index (χ3n) is 5.43. The predicted molar refractivity (Wildman–Crippen MR) is 136 cm³/mol. The van der Waals surface area contributed by atoms with Gasteiger partial charge in [-0.05, 0) is 69.7 Å². The second-order valence-electron chi connectivity index (χ2n) is 7.90. The first-order valence-electron chi connectivity index (χ1n) is 11.2. The number of halogens is 1. The molecule has 6 nitrogen and oxygen atoms in total. The van der Waals surface area contributed by atoms with Crippen molar-refractivity contribution in [1.82, 2.24) is 10.9 Å². The van der Waals surface area contributed by atoms with Crippen LogP contribution in [0, 0.1) is 0 Å². The van der Waals surface area contributed by atoms with Gasteiger partial charge in [-0.15, -0.1) is 0 Å². The van der Waals surface area contributed by atoms with Crippen LogP contribution in [0.3, 0.4) is 0 Å². The molecule has 0 saturated carbocycles. The highest BCUT2D eigenvalue weighted by Crippen LogP contribution is 2.26. The van der Waals surface area contributed by atoms with Gasteiger partial charge in [-0.3, -0.25) is 20.4 Å². The minimum Gasteiger partial charge on any atom is -0.492 e. The van der Waals surface area contributed by atoms with Crippen molar-refractivity contribution in [3.63, 3.8) is 0 Å². The number of rotatable bonds is 10. The Morgan fingerprint density at radius 2 is 1.68 bits per heavy atom. The lowest BCUT2D eigenvalue weighted by Crippen LogP contribution is -2.43. The Balaban J connectivity index is 1.42. The monoisotopic (exact) mass is 524 g/mol. The number of amides is 2. The van der Waals surface area contributed by atoms with Crippen LogP contribution in [0.1, 0.15) is 47.7 Å². The standard InChI is InChI=1S/C27H29BrN2O4/c1-3-19(2)21-9-12-23(13-10-21)34-18-26(31)29-30-27(32)22-11-14-25(24(28)17-22)33-16-15-20-7-5-4-6-8-20/h4-14,17,19H,3,15-16,18H2,1-2H3,(H,29,31)(H,30,32). The normalized spacial score (nSPS) is 11.4. The van der Waals surface area contributed by atoms with Crippen LogP contribution < -0.4 is 20.3 Å². The van der Waals surface area contributed by atoms with Gasteiger partial charge in [0.05, 0.1) is 11.1 Å². The minimum atomic E-state index is -0.459. The summed E-state index contributed by atoms with van der Waals surface area (Å²) in [5.41, 5.74) is 7.56. The topological polar surface area (TPSA) is 76.7 Å². The Morgan fingerprint density at radius 1 is 0.941 bits per heavy atom. The first-order valence-corrected chi connectivity index (χ1v) is 12.0. The Bertz CT molecular complexity index is 1090. The predicted octanol–water partition coefficient (Wildman–Crippen LogP) is 5.42. The molecule has 7 heteroatoms. The smallest absolute Gasteiger partial charge is 0.276 e. The molecule has 3 rings (SSSR count). The molecule has 178 valence electrons. The van der Waals surface area contributed by atoms with Gasteiger partial charge in [-0.2, -0.15) is 0 Å². The van der Waals surface area contributed by atoms with Gasteiger partial charge < -0.3 is 9.47 Å². The summed E-state index contributed by atoms with van der Waals surface area (Å²) in [4.78, 5) is 24.4. The number of carbonyl (C=O) groups excluding carboxylic acids is 2. The Labute approximate surface area is 208 Å². The van der Waals surface area contributed by atoms with Crippen LogP contribution in [-0.2, 0) is 11.2 Å². The molecule has 2 amide bonds. The molecule has 2 N–H and O–H groups in total. The molecule has 1 atom stereocenters. The van der Waals surface area contributed by atoms with E-state index in [2.05, 4.69) is 52.8 Å². The zero-order valence-corrected chi connectivity index (χ0v) is 20.9. The molecule has 0 spiro atoms. The molecular weight excluding hydrogens is 496 g/mol. The maximum atomic E-state index is 12.4. The fraction of sp³-hybridized carbons (Fsp3) is 0.259. The first kappa shape index (κ1) is 25.3. The molecule has 0 radical (unpaired) electrons. The zero-order valence-electron chi connectivity index (χ0n) is 19.3. The van der Waals surface area contributed by atoms with Crippen LogP contribution in [-0.4, -0.2) is 25.0 Å². The van der Waals surface area contributed by atoms with Crippen LogP contribution in [0.4, 0.5) is 0 Å². The Kier molecular flexibility index (Phi) is 9.52. The molecular formula is C27H29BrN2O4. The molecule has 0 bridgehead atoms. The van der Waals surface area contributed by atoms with E-state index in [1.54, 1.807) is 18.2 Å². The molecule has 0 aliphatic carbocycles. The SMILES string of the molecule is CCC(C)c1ccc(OCC(=O)NNC(=O)c2ccc(OCCc3ccccc3)c(Br)c2)cc1. The van der Waals surface area contributed by atoms with Crippen LogP contribution in [0.2, 0.25) is 0 Å². The van der Waals surface area contributed by atoms with Crippen molar-refractivity contribution in [3.05, 3.63) is 94.0 Å². The van der Waals surface area contributed by atoms with E-state index in [0.29, 0.717) is 34.1 Å². The summed E-state index contributed by atoms with van der Waals surface area (Å²) in [5, 5.41) is 0. The van der Waals surface area contributed by atoms with Crippen molar-refractivity contribution >= 4 is 27.7 Å². The van der Waals surface area contributed by atoms with E-state index >= 15 is 0 Å². The van der Waals surface area contributed by atoms with E-state index in [9.17, 15) is 9.59 Å². The highest BCUT2D eigenvalue weighted by Gasteiger charge is 2.11. The van der Waals surface area contributed by atoms with Crippen molar-refractivity contribution in [2.45, 2.75) is 32.6 Å². The molecule has 1 unspecified atom stereocenters. The van der Waals surface area contributed by atoms with Crippen molar-refractivity contribution < 1.29 is 19.1 Å². The minimum absolute atomic E-state index is 0.207. The van der Waals surface area contributed by atoms with E-state index in [0.717, 1.165) is 12.8 Å². The molecule has 3 aromatic rings. The molecule has 0 aromatic heterocycles. The van der Waals surface area contributed by atoms with Gasteiger partial charge in [0, 0.05) is 12.0 Å². The summed E-state index contributed by atoms with van der Waals surface area (Å²) in [6.07, 6.45) is 1.84. The largest absolute Gasteiger partial charge is 0.492 e. The molecule has 0 saturated heterocycles. The summed E-state index contributed by atoms with van der Waals surface area (Å²) >= 11 is 3.44. The maximum Gasteiger partial charge on any atom is 0.276 e. The van der Waals surface area contributed by atoms with Crippen LogP contribution >= 0.6 is 15.9 Å². The second-order valence-corrected chi connectivity index (χ2v) is 8.75. The summed E-state index contributed by atoms with van der Waals surface area (Å²) < 4.78 is 12.0. The fourth-order valence-corrected chi connectivity index (χ4v) is 3.69. The number of nitrogens with one attached hydrogen (secondary N) is 2. The van der Waals surface area contributed by atoms with Crippen LogP contribution in [0.5, 0.6) is 11.5 Å². The molecule has 0 aliphatic heterocycles. The van der Waals surface area contributed by atoms with E-state index in [1.165, 1.54) is 11.1 Å². The molecule has 0 fully saturated rings. The number of hydrazine groups is 1. The zero-order chi connectivity index (χ0) is 24.3. The summed E-state index contributed by atoms with van der Waals surface area (Å²) in [6.45, 7) is 4.62. The van der Waals surface area contributed by atoms with Gasteiger partial charge in [0.1, 0.15) is 11.5 Å². The second kappa shape index (κ2) is 12.8. The summed E-state index contributed by atoms with van der Waals surface area (Å²) in [5.74, 6) is 0.814. The van der Waals surface area contributed by atoms with Gasteiger partial charge in [-0.1, -0.05) is 56.3 Å².